The summed E-state index contributed by atoms with van der Waals surface area (Å²) in [5.74, 6) is -0.305. The van der Waals surface area contributed by atoms with E-state index in [1.54, 1.807) is 30.5 Å². The number of Topliss-reactive ketones (excluding diaryl/α,β-unsaturated/α-hetero) is 1. The molecular formula is C36H36FN7O2. The lowest BCUT2D eigenvalue weighted by Crippen LogP contribution is -2.54. The summed E-state index contributed by atoms with van der Waals surface area (Å²) in [4.78, 5) is 41.7. The fraction of sp³-hybridized carbons (Fsp3) is 0.278. The fourth-order valence-corrected chi connectivity index (χ4v) is 6.87. The van der Waals surface area contributed by atoms with Crippen molar-refractivity contribution >= 4 is 39.8 Å². The summed E-state index contributed by atoms with van der Waals surface area (Å²) in [6.45, 7) is 7.86. The van der Waals surface area contributed by atoms with Crippen LogP contribution in [0, 0.1) is 12.7 Å². The van der Waals surface area contributed by atoms with Crippen LogP contribution in [0.5, 0.6) is 0 Å². The number of pyridine rings is 1. The molecule has 0 amide bonds. The molecule has 4 heterocycles. The summed E-state index contributed by atoms with van der Waals surface area (Å²) in [6, 6.07) is 21.6. The molecule has 7 rings (SSSR count). The van der Waals surface area contributed by atoms with Gasteiger partial charge in [0.1, 0.15) is 17.5 Å². The highest BCUT2D eigenvalue weighted by Gasteiger charge is 2.34. The number of fused-ring (bicyclic) bond motifs is 2. The first kappa shape index (κ1) is 29.6. The van der Waals surface area contributed by atoms with Gasteiger partial charge in [0.25, 0.3) is 5.56 Å². The van der Waals surface area contributed by atoms with E-state index in [4.69, 9.17) is 4.98 Å². The molecule has 1 unspecified atom stereocenters. The molecule has 1 saturated heterocycles. The summed E-state index contributed by atoms with van der Waals surface area (Å²) in [6.07, 6.45) is 1.64. The van der Waals surface area contributed by atoms with E-state index in [1.807, 2.05) is 61.3 Å². The second kappa shape index (κ2) is 11.7. The van der Waals surface area contributed by atoms with Gasteiger partial charge in [-0.25, -0.2) is 9.37 Å². The first-order chi connectivity index (χ1) is 22.2. The summed E-state index contributed by atoms with van der Waals surface area (Å²) >= 11 is 0. The van der Waals surface area contributed by atoms with E-state index in [2.05, 4.69) is 34.4 Å². The lowest BCUT2D eigenvalue weighted by molar-refractivity contribution is 0.0922. The van der Waals surface area contributed by atoms with Crippen LogP contribution in [0.25, 0.3) is 22.2 Å². The molecule has 3 aromatic carbocycles. The number of aromatic nitrogens is 3. The Morgan fingerprint density at radius 1 is 0.870 bits per heavy atom. The maximum atomic E-state index is 15.4. The normalized spacial score (nSPS) is 19.8. The van der Waals surface area contributed by atoms with Crippen molar-refractivity contribution in [3.63, 3.8) is 0 Å². The first-order valence-corrected chi connectivity index (χ1v) is 15.6. The predicted molar refractivity (Wildman–Crippen MR) is 181 cm³/mol. The molecule has 3 atom stereocenters. The molecule has 9 nitrogen and oxygen atoms in total. The summed E-state index contributed by atoms with van der Waals surface area (Å²) < 4.78 is 16.9. The van der Waals surface area contributed by atoms with Crippen LogP contribution in [0.4, 0.5) is 27.4 Å². The van der Waals surface area contributed by atoms with E-state index in [-0.39, 0.29) is 35.2 Å². The van der Waals surface area contributed by atoms with Gasteiger partial charge in [0.15, 0.2) is 5.78 Å². The Labute approximate surface area is 266 Å². The maximum absolute atomic E-state index is 15.4. The van der Waals surface area contributed by atoms with Gasteiger partial charge in [-0.2, -0.15) is 4.98 Å². The Kier molecular flexibility index (Phi) is 7.52. The monoisotopic (exact) mass is 617 g/mol. The number of benzene rings is 3. The summed E-state index contributed by atoms with van der Waals surface area (Å²) in [5, 5.41) is 7.21. The van der Waals surface area contributed by atoms with E-state index in [1.165, 1.54) is 10.6 Å². The number of halogens is 1. The molecule has 234 valence electrons. The Morgan fingerprint density at radius 3 is 2.33 bits per heavy atom. The summed E-state index contributed by atoms with van der Waals surface area (Å²) in [7, 11) is 1.92. The van der Waals surface area contributed by atoms with Crippen molar-refractivity contribution in [1.82, 2.24) is 19.9 Å². The zero-order valence-electron chi connectivity index (χ0n) is 26.3. The minimum absolute atomic E-state index is 0.152. The average Bonchev–Trinajstić information content (AvgIpc) is 3.03. The molecule has 0 saturated carbocycles. The van der Waals surface area contributed by atoms with Gasteiger partial charge in [-0.3, -0.25) is 14.2 Å². The number of para-hydroxylation sites is 1. The van der Waals surface area contributed by atoms with Crippen LogP contribution in [0.2, 0.25) is 0 Å². The molecule has 10 heteroatoms. The largest absolute Gasteiger partial charge is 0.371 e. The van der Waals surface area contributed by atoms with Crippen molar-refractivity contribution in [2.45, 2.75) is 38.9 Å². The number of ketones is 1. The zero-order valence-corrected chi connectivity index (χ0v) is 26.3. The van der Waals surface area contributed by atoms with Gasteiger partial charge in [-0.15, -0.1) is 0 Å². The SMILES string of the molecule is Cc1ccccc1-c1cc2cnc(Nc3ccc(N4C[C@@H](C)N[C@@H](C)C4)c(F)c3)nc2n(C2CN(C)c3ccccc3C2=O)c1=O. The standard InChI is InChI=1S/C36H36FN7O2/c1-21-9-5-6-10-26(21)28-15-24-17-38-36(40-25-13-14-31(29(37)16-25)43-18-22(2)39-23(3)19-43)41-34(24)44(35(28)46)32-20-42(4)30-12-8-7-11-27(30)33(32)45/h5-17,22-23,32,39H,18-20H2,1-4H3,(H,38,40,41)/t22-,23+,32?. The molecule has 0 bridgehead atoms. The van der Waals surface area contributed by atoms with Crippen molar-refractivity contribution in [2.75, 3.05) is 41.8 Å². The van der Waals surface area contributed by atoms with Crippen molar-refractivity contribution in [3.8, 4) is 11.1 Å². The molecule has 5 aromatic rings. The van der Waals surface area contributed by atoms with E-state index in [9.17, 15) is 9.59 Å². The zero-order chi connectivity index (χ0) is 32.1. The highest BCUT2D eigenvalue weighted by molar-refractivity contribution is 6.06. The number of nitrogens with one attached hydrogen (secondary N) is 2. The summed E-state index contributed by atoms with van der Waals surface area (Å²) in [5.41, 5.74) is 4.61. The number of likely N-dealkylation sites (N-methyl/N-ethyl adjacent to an activating group) is 1. The molecule has 0 spiro atoms. The number of hydrogen-bond donors (Lipinski definition) is 2. The average molecular weight is 618 g/mol. The smallest absolute Gasteiger partial charge is 0.260 e. The van der Waals surface area contributed by atoms with Crippen LogP contribution < -0.4 is 26.0 Å². The third kappa shape index (κ3) is 5.28. The minimum Gasteiger partial charge on any atom is -0.371 e. The van der Waals surface area contributed by atoms with E-state index >= 15 is 4.39 Å². The predicted octanol–water partition coefficient (Wildman–Crippen LogP) is 5.71. The minimum atomic E-state index is -0.817. The van der Waals surface area contributed by atoms with Crippen LogP contribution in [-0.4, -0.2) is 59.1 Å². The molecule has 46 heavy (non-hydrogen) atoms. The number of piperazine rings is 1. The Hall–Kier alpha value is -5.09. The Morgan fingerprint density at radius 2 is 1.59 bits per heavy atom. The molecule has 1 fully saturated rings. The van der Waals surface area contributed by atoms with Gasteiger partial charge in [-0.05, 0) is 68.3 Å². The van der Waals surface area contributed by atoms with E-state index in [0.29, 0.717) is 53.2 Å². The lowest BCUT2D eigenvalue weighted by Gasteiger charge is -2.37. The molecule has 2 N–H and O–H groups in total. The van der Waals surface area contributed by atoms with Crippen molar-refractivity contribution in [1.29, 1.82) is 0 Å². The number of hydrogen-bond acceptors (Lipinski definition) is 8. The third-order valence-corrected chi connectivity index (χ3v) is 8.95. The second-order valence-electron chi connectivity index (χ2n) is 12.5. The number of rotatable bonds is 5. The Bertz CT molecular complexity index is 2030. The molecule has 0 radical (unpaired) electrons. The van der Waals surface area contributed by atoms with Gasteiger partial charge < -0.3 is 20.4 Å². The Balaban J connectivity index is 1.31. The van der Waals surface area contributed by atoms with Crippen molar-refractivity contribution in [3.05, 3.63) is 106 Å². The van der Waals surface area contributed by atoms with Gasteiger partial charge >= 0.3 is 0 Å². The van der Waals surface area contributed by atoms with Gasteiger partial charge in [0.05, 0.1) is 5.69 Å². The van der Waals surface area contributed by atoms with Crippen molar-refractivity contribution in [2.24, 2.45) is 0 Å². The van der Waals surface area contributed by atoms with Crippen LogP contribution in [0.3, 0.4) is 0 Å². The van der Waals surface area contributed by atoms with Crippen molar-refractivity contribution < 1.29 is 9.18 Å². The number of nitrogens with zero attached hydrogens (tertiary/aromatic N) is 5. The van der Waals surface area contributed by atoms with Crippen LogP contribution in [0.15, 0.2) is 83.8 Å². The quantitative estimate of drug-likeness (QED) is 0.259. The van der Waals surface area contributed by atoms with E-state index < -0.39 is 6.04 Å². The third-order valence-electron chi connectivity index (χ3n) is 8.95. The molecule has 0 aliphatic carbocycles. The molecule has 2 aromatic heterocycles. The van der Waals surface area contributed by atoms with Gasteiger partial charge in [0.2, 0.25) is 5.95 Å². The van der Waals surface area contributed by atoms with Crippen LogP contribution >= 0.6 is 0 Å². The first-order valence-electron chi connectivity index (χ1n) is 15.6. The molecular weight excluding hydrogens is 581 g/mol. The highest BCUT2D eigenvalue weighted by Crippen LogP contribution is 2.33. The maximum Gasteiger partial charge on any atom is 0.260 e. The number of aryl methyl sites for hydroxylation is 1. The molecule has 2 aliphatic heterocycles. The van der Waals surface area contributed by atoms with Crippen LogP contribution in [-0.2, 0) is 0 Å². The number of anilines is 4. The van der Waals surface area contributed by atoms with Gasteiger partial charge in [0, 0.05) is 72.9 Å². The van der Waals surface area contributed by atoms with E-state index in [0.717, 1.165) is 16.8 Å². The fourth-order valence-electron chi connectivity index (χ4n) is 6.87. The second-order valence-corrected chi connectivity index (χ2v) is 12.5. The lowest BCUT2D eigenvalue weighted by atomic mass is 9.95. The highest BCUT2D eigenvalue weighted by atomic mass is 19.1. The topological polar surface area (TPSA) is 95.4 Å². The van der Waals surface area contributed by atoms with Crippen LogP contribution in [0.1, 0.15) is 35.8 Å². The van der Waals surface area contributed by atoms with Gasteiger partial charge in [-0.1, -0.05) is 36.4 Å². The molecule has 2 aliphatic rings. The number of carbonyl (C=O) groups excluding carboxylic acids is 1. The number of carbonyl (C=O) groups is 1.